The van der Waals surface area contributed by atoms with Gasteiger partial charge in [-0.25, -0.2) is 9.97 Å². The van der Waals surface area contributed by atoms with Gasteiger partial charge in [-0.2, -0.15) is 0 Å². The highest BCUT2D eigenvalue weighted by Gasteiger charge is 2.23. The second-order valence-electron chi connectivity index (χ2n) is 4.66. The lowest BCUT2D eigenvalue weighted by Gasteiger charge is -2.36. The Labute approximate surface area is 107 Å². The summed E-state index contributed by atoms with van der Waals surface area (Å²) in [6.07, 6.45) is 0.381. The normalized spacial score (nSPS) is 24.3. The van der Waals surface area contributed by atoms with E-state index in [9.17, 15) is 0 Å². The van der Waals surface area contributed by atoms with Crippen LogP contribution in [0.2, 0.25) is 0 Å². The molecule has 18 heavy (non-hydrogen) atoms. The first-order valence-corrected chi connectivity index (χ1v) is 6.11. The summed E-state index contributed by atoms with van der Waals surface area (Å²) in [6.45, 7) is 6.11. The highest BCUT2D eigenvalue weighted by molar-refractivity contribution is 5.47. The summed E-state index contributed by atoms with van der Waals surface area (Å²) in [7, 11) is 1.62. The van der Waals surface area contributed by atoms with Gasteiger partial charge < -0.3 is 20.1 Å². The molecule has 0 radical (unpaired) electrons. The SMILES string of the molecule is COCc1nc(N)cc(N2C[C@@H](C)O[C@@H](C)C2)n1. The summed E-state index contributed by atoms with van der Waals surface area (Å²) in [5.41, 5.74) is 5.80. The monoisotopic (exact) mass is 252 g/mol. The average Bonchev–Trinajstić information content (AvgIpc) is 2.27. The van der Waals surface area contributed by atoms with Crippen LogP contribution in [0.4, 0.5) is 11.6 Å². The molecule has 0 aliphatic carbocycles. The molecule has 6 nitrogen and oxygen atoms in total. The number of rotatable bonds is 3. The molecular formula is C12H20N4O2. The molecule has 0 spiro atoms. The molecule has 1 fully saturated rings. The molecule has 1 aromatic rings. The standard InChI is InChI=1S/C12H20N4O2/c1-8-5-16(6-9(2)18-8)12-4-10(13)14-11(15-12)7-17-3/h4,8-9H,5-7H2,1-3H3,(H2,13,14,15)/t8-,9+. The van der Waals surface area contributed by atoms with Crippen molar-refractivity contribution in [1.29, 1.82) is 0 Å². The van der Waals surface area contributed by atoms with Crippen LogP contribution in [-0.2, 0) is 16.1 Å². The number of aromatic nitrogens is 2. The first-order chi connectivity index (χ1) is 8.58. The molecule has 1 aliphatic heterocycles. The molecule has 2 N–H and O–H groups in total. The van der Waals surface area contributed by atoms with Gasteiger partial charge in [0.1, 0.15) is 18.2 Å². The summed E-state index contributed by atoms with van der Waals surface area (Å²) in [5, 5.41) is 0. The number of nitrogens with two attached hydrogens (primary N) is 1. The van der Waals surface area contributed by atoms with Crippen molar-refractivity contribution in [1.82, 2.24) is 9.97 Å². The van der Waals surface area contributed by atoms with Crippen LogP contribution in [0.25, 0.3) is 0 Å². The van der Waals surface area contributed by atoms with Crippen molar-refractivity contribution in [3.05, 3.63) is 11.9 Å². The van der Waals surface area contributed by atoms with Gasteiger partial charge in [0.15, 0.2) is 5.82 Å². The fraction of sp³-hybridized carbons (Fsp3) is 0.667. The van der Waals surface area contributed by atoms with E-state index in [0.29, 0.717) is 18.2 Å². The molecule has 100 valence electrons. The van der Waals surface area contributed by atoms with E-state index in [-0.39, 0.29) is 12.2 Å². The van der Waals surface area contributed by atoms with Crippen molar-refractivity contribution >= 4 is 11.6 Å². The minimum absolute atomic E-state index is 0.191. The van der Waals surface area contributed by atoms with Crippen molar-refractivity contribution in [2.75, 3.05) is 30.8 Å². The zero-order valence-corrected chi connectivity index (χ0v) is 11.1. The van der Waals surface area contributed by atoms with Crippen LogP contribution < -0.4 is 10.6 Å². The van der Waals surface area contributed by atoms with E-state index in [1.807, 2.05) is 0 Å². The number of ether oxygens (including phenoxy) is 2. The van der Waals surface area contributed by atoms with Crippen LogP contribution >= 0.6 is 0 Å². The third kappa shape index (κ3) is 3.08. The lowest BCUT2D eigenvalue weighted by molar-refractivity contribution is -0.00549. The van der Waals surface area contributed by atoms with E-state index in [4.69, 9.17) is 15.2 Å². The molecular weight excluding hydrogens is 232 g/mol. The van der Waals surface area contributed by atoms with Crippen LogP contribution in [-0.4, -0.2) is 42.4 Å². The molecule has 2 rings (SSSR count). The van der Waals surface area contributed by atoms with Gasteiger partial charge in [0, 0.05) is 26.3 Å². The summed E-state index contributed by atoms with van der Waals surface area (Å²) >= 11 is 0. The Morgan fingerprint density at radius 1 is 1.39 bits per heavy atom. The van der Waals surface area contributed by atoms with Gasteiger partial charge in [-0.1, -0.05) is 0 Å². The van der Waals surface area contributed by atoms with Gasteiger partial charge in [-0.15, -0.1) is 0 Å². The number of methoxy groups -OCH3 is 1. The van der Waals surface area contributed by atoms with E-state index in [1.54, 1.807) is 13.2 Å². The Bertz CT molecular complexity index is 403. The second-order valence-corrected chi connectivity index (χ2v) is 4.66. The largest absolute Gasteiger partial charge is 0.384 e. The minimum atomic E-state index is 0.191. The molecule has 0 aromatic carbocycles. The summed E-state index contributed by atoms with van der Waals surface area (Å²) in [5.74, 6) is 1.93. The van der Waals surface area contributed by atoms with Crippen molar-refractivity contribution < 1.29 is 9.47 Å². The first kappa shape index (κ1) is 13.0. The molecule has 2 heterocycles. The molecule has 0 unspecified atom stereocenters. The Morgan fingerprint density at radius 2 is 2.06 bits per heavy atom. The number of nitrogens with zero attached hydrogens (tertiary/aromatic N) is 3. The van der Waals surface area contributed by atoms with Crippen LogP contribution in [0.3, 0.4) is 0 Å². The number of nitrogen functional groups attached to an aromatic ring is 1. The topological polar surface area (TPSA) is 73.5 Å². The fourth-order valence-electron chi connectivity index (χ4n) is 2.22. The van der Waals surface area contributed by atoms with Crippen molar-refractivity contribution in [3.8, 4) is 0 Å². The molecule has 6 heteroatoms. The number of hydrogen-bond donors (Lipinski definition) is 1. The maximum Gasteiger partial charge on any atom is 0.158 e. The Morgan fingerprint density at radius 3 is 2.67 bits per heavy atom. The minimum Gasteiger partial charge on any atom is -0.384 e. The Hall–Kier alpha value is -1.40. The zero-order chi connectivity index (χ0) is 13.1. The molecule has 1 aliphatic rings. The van der Waals surface area contributed by atoms with Gasteiger partial charge in [-0.05, 0) is 13.8 Å². The zero-order valence-electron chi connectivity index (χ0n) is 11.1. The predicted octanol–water partition coefficient (Wildman–Crippen LogP) is 0.819. The van der Waals surface area contributed by atoms with E-state index in [0.717, 1.165) is 18.9 Å². The van der Waals surface area contributed by atoms with E-state index in [2.05, 4.69) is 28.7 Å². The van der Waals surface area contributed by atoms with Gasteiger partial charge in [0.2, 0.25) is 0 Å². The average molecular weight is 252 g/mol. The first-order valence-electron chi connectivity index (χ1n) is 6.11. The van der Waals surface area contributed by atoms with Gasteiger partial charge in [0.25, 0.3) is 0 Å². The smallest absolute Gasteiger partial charge is 0.158 e. The quantitative estimate of drug-likeness (QED) is 0.858. The summed E-state index contributed by atoms with van der Waals surface area (Å²) in [4.78, 5) is 10.8. The molecule has 0 saturated carbocycles. The Kier molecular flexibility index (Phi) is 3.98. The van der Waals surface area contributed by atoms with Gasteiger partial charge >= 0.3 is 0 Å². The maximum absolute atomic E-state index is 5.80. The van der Waals surface area contributed by atoms with Crippen molar-refractivity contribution in [3.63, 3.8) is 0 Å². The number of hydrogen-bond acceptors (Lipinski definition) is 6. The van der Waals surface area contributed by atoms with Crippen LogP contribution in [0.15, 0.2) is 6.07 Å². The number of morpholine rings is 1. The van der Waals surface area contributed by atoms with Gasteiger partial charge in [-0.3, -0.25) is 0 Å². The molecule has 1 saturated heterocycles. The number of anilines is 2. The highest BCUT2D eigenvalue weighted by atomic mass is 16.5. The molecule has 1 aromatic heterocycles. The van der Waals surface area contributed by atoms with Crippen molar-refractivity contribution in [2.45, 2.75) is 32.7 Å². The molecule has 0 amide bonds. The Balaban J connectivity index is 2.21. The predicted molar refractivity (Wildman–Crippen MR) is 69.4 cm³/mol. The third-order valence-corrected chi connectivity index (χ3v) is 2.80. The molecule has 2 atom stereocenters. The third-order valence-electron chi connectivity index (χ3n) is 2.80. The molecule has 0 bridgehead atoms. The maximum atomic E-state index is 5.80. The second kappa shape index (κ2) is 5.49. The van der Waals surface area contributed by atoms with Crippen LogP contribution in [0, 0.1) is 0 Å². The van der Waals surface area contributed by atoms with Crippen molar-refractivity contribution in [2.24, 2.45) is 0 Å². The van der Waals surface area contributed by atoms with E-state index < -0.39 is 0 Å². The lowest BCUT2D eigenvalue weighted by Crippen LogP contribution is -2.46. The van der Waals surface area contributed by atoms with Crippen LogP contribution in [0.1, 0.15) is 19.7 Å². The van der Waals surface area contributed by atoms with E-state index in [1.165, 1.54) is 0 Å². The van der Waals surface area contributed by atoms with E-state index >= 15 is 0 Å². The van der Waals surface area contributed by atoms with Gasteiger partial charge in [0.05, 0.1) is 12.2 Å². The van der Waals surface area contributed by atoms with Crippen LogP contribution in [0.5, 0.6) is 0 Å². The lowest BCUT2D eigenvalue weighted by atomic mass is 10.2. The highest BCUT2D eigenvalue weighted by Crippen LogP contribution is 2.20. The summed E-state index contributed by atoms with van der Waals surface area (Å²) < 4.78 is 10.7. The fourth-order valence-corrected chi connectivity index (χ4v) is 2.22. The summed E-state index contributed by atoms with van der Waals surface area (Å²) in [6, 6.07) is 1.80.